The Morgan fingerprint density at radius 3 is 2.45 bits per heavy atom. The highest BCUT2D eigenvalue weighted by molar-refractivity contribution is 6.30. The van der Waals surface area contributed by atoms with Crippen molar-refractivity contribution in [1.82, 2.24) is 25.1 Å². The summed E-state index contributed by atoms with van der Waals surface area (Å²) in [5.41, 5.74) is -0.0190. The highest BCUT2D eigenvalue weighted by Gasteiger charge is 2.41. The summed E-state index contributed by atoms with van der Waals surface area (Å²) < 4.78 is 5.74. The third kappa shape index (κ3) is 6.36. The standard InChI is InChI=1S/C26H27ClN6O5/c1-16-28-13-12-21(29-16)38-20-10-8-19(9-11-20)30-23-31-24(36)33(15-26(2,3)22(34)35)25(37)32(23)14-17-4-6-18(27)7-5-17/h4-13,25,37H,14-15H2,1-3H3,(H,34,35)(H,30,31,36). The number of aryl methyl sites for hydroxylation is 1. The minimum atomic E-state index is -1.47. The number of urea groups is 1. The largest absolute Gasteiger partial charge is 0.481 e. The van der Waals surface area contributed by atoms with Gasteiger partial charge in [0.15, 0.2) is 0 Å². The number of aliphatic hydroxyl groups excluding tert-OH is 1. The van der Waals surface area contributed by atoms with Crippen molar-refractivity contribution in [2.75, 3.05) is 6.54 Å². The van der Waals surface area contributed by atoms with E-state index in [1.807, 2.05) is 0 Å². The average Bonchev–Trinajstić information content (AvgIpc) is 2.86. The number of halogens is 1. The number of benzene rings is 2. The van der Waals surface area contributed by atoms with Gasteiger partial charge in [-0.15, -0.1) is 0 Å². The van der Waals surface area contributed by atoms with Crippen molar-refractivity contribution < 1.29 is 24.5 Å². The third-order valence-electron chi connectivity index (χ3n) is 5.76. The Kier molecular flexibility index (Phi) is 7.79. The van der Waals surface area contributed by atoms with E-state index in [9.17, 15) is 19.8 Å². The lowest BCUT2D eigenvalue weighted by atomic mass is 9.93. The second kappa shape index (κ2) is 11.0. The maximum atomic E-state index is 12.9. The first kappa shape index (κ1) is 26.8. The number of carbonyl (C=O) groups excluding carboxylic acids is 1. The fraction of sp³-hybridized carbons (Fsp3) is 0.269. The van der Waals surface area contributed by atoms with Crippen LogP contribution in [-0.4, -0.2) is 60.8 Å². The van der Waals surface area contributed by atoms with Crippen LogP contribution in [0.2, 0.25) is 5.02 Å². The summed E-state index contributed by atoms with van der Waals surface area (Å²) in [5, 5.41) is 24.0. The summed E-state index contributed by atoms with van der Waals surface area (Å²) in [5.74, 6) is 0.513. The van der Waals surface area contributed by atoms with Crippen LogP contribution in [0, 0.1) is 12.3 Å². The number of nitrogens with zero attached hydrogens (tertiary/aromatic N) is 5. The number of hydrogen-bond acceptors (Lipinski definition) is 7. The van der Waals surface area contributed by atoms with Gasteiger partial charge in [-0.3, -0.25) is 19.9 Å². The van der Waals surface area contributed by atoms with Crippen LogP contribution in [0.1, 0.15) is 25.2 Å². The molecule has 3 aromatic rings. The van der Waals surface area contributed by atoms with E-state index in [4.69, 9.17) is 16.3 Å². The van der Waals surface area contributed by atoms with Crippen molar-refractivity contribution in [3.8, 4) is 11.6 Å². The number of guanidine groups is 1. The number of amides is 2. The minimum Gasteiger partial charge on any atom is -0.481 e. The molecule has 0 bridgehead atoms. The van der Waals surface area contributed by atoms with E-state index in [2.05, 4.69) is 20.3 Å². The maximum Gasteiger partial charge on any atom is 0.327 e. The highest BCUT2D eigenvalue weighted by atomic mass is 35.5. The van der Waals surface area contributed by atoms with Gasteiger partial charge in [0.1, 0.15) is 11.6 Å². The molecule has 0 spiro atoms. The van der Waals surface area contributed by atoms with Gasteiger partial charge in [0.25, 0.3) is 0 Å². The number of rotatable bonds is 8. The van der Waals surface area contributed by atoms with Gasteiger partial charge < -0.3 is 14.9 Å². The lowest BCUT2D eigenvalue weighted by molar-refractivity contribution is -0.150. The number of aliphatic carboxylic acids is 1. The van der Waals surface area contributed by atoms with Gasteiger partial charge in [0, 0.05) is 23.8 Å². The molecular formula is C26H27ClN6O5. The smallest absolute Gasteiger partial charge is 0.327 e. The molecule has 198 valence electrons. The highest BCUT2D eigenvalue weighted by Crippen LogP contribution is 2.26. The average molecular weight is 539 g/mol. The summed E-state index contributed by atoms with van der Waals surface area (Å²) in [6, 6.07) is 14.8. The molecule has 0 aliphatic carbocycles. The molecule has 38 heavy (non-hydrogen) atoms. The summed E-state index contributed by atoms with van der Waals surface area (Å²) in [7, 11) is 0. The van der Waals surface area contributed by atoms with E-state index in [0.717, 1.165) is 10.5 Å². The first-order chi connectivity index (χ1) is 18.0. The van der Waals surface area contributed by atoms with Crippen molar-refractivity contribution in [1.29, 1.82) is 0 Å². The second-order valence-electron chi connectivity index (χ2n) is 9.32. The Hall–Kier alpha value is -4.22. The summed E-state index contributed by atoms with van der Waals surface area (Å²) in [6.45, 7) is 4.66. The molecule has 12 heteroatoms. The van der Waals surface area contributed by atoms with Gasteiger partial charge in [-0.05, 0) is 62.7 Å². The van der Waals surface area contributed by atoms with Gasteiger partial charge in [0.05, 0.1) is 17.6 Å². The number of nitrogens with one attached hydrogen (secondary N) is 1. The molecule has 2 heterocycles. The number of aromatic nitrogens is 2. The quantitative estimate of drug-likeness (QED) is 0.389. The van der Waals surface area contributed by atoms with Crippen LogP contribution in [0.25, 0.3) is 0 Å². The Bertz CT molecular complexity index is 1350. The van der Waals surface area contributed by atoms with E-state index in [0.29, 0.717) is 28.2 Å². The molecule has 1 aliphatic rings. The Morgan fingerprint density at radius 2 is 1.82 bits per heavy atom. The van der Waals surface area contributed by atoms with Crippen LogP contribution in [-0.2, 0) is 11.3 Å². The lowest BCUT2D eigenvalue weighted by Gasteiger charge is -2.44. The Morgan fingerprint density at radius 1 is 1.13 bits per heavy atom. The Labute approximate surface area is 224 Å². The first-order valence-electron chi connectivity index (χ1n) is 11.7. The zero-order valence-electron chi connectivity index (χ0n) is 21.0. The SMILES string of the molecule is Cc1nccc(Oc2ccc(/N=C3\NC(=O)N(CC(C)(C)C(=O)O)C(O)N3Cc3ccc(Cl)cc3)cc2)n1. The number of aliphatic hydroxyl groups is 1. The Balaban J connectivity index is 1.61. The number of hydrogen-bond donors (Lipinski definition) is 3. The van der Waals surface area contributed by atoms with E-state index in [1.54, 1.807) is 67.7 Å². The van der Waals surface area contributed by atoms with Gasteiger partial charge in [-0.25, -0.2) is 14.8 Å². The number of carbonyl (C=O) groups is 2. The monoisotopic (exact) mass is 538 g/mol. The predicted octanol–water partition coefficient (Wildman–Crippen LogP) is 4.13. The first-order valence-corrected chi connectivity index (χ1v) is 12.1. The summed E-state index contributed by atoms with van der Waals surface area (Å²) in [6.07, 6.45) is 0.131. The summed E-state index contributed by atoms with van der Waals surface area (Å²) in [4.78, 5) is 39.9. The predicted molar refractivity (Wildman–Crippen MR) is 140 cm³/mol. The minimum absolute atomic E-state index is 0.0990. The van der Waals surface area contributed by atoms with Crippen molar-refractivity contribution in [2.45, 2.75) is 33.7 Å². The van der Waals surface area contributed by atoms with E-state index in [1.165, 1.54) is 18.7 Å². The van der Waals surface area contributed by atoms with Gasteiger partial charge in [-0.2, -0.15) is 4.98 Å². The molecule has 1 saturated heterocycles. The van der Waals surface area contributed by atoms with Gasteiger partial charge >= 0.3 is 12.0 Å². The number of carboxylic acids is 1. The molecule has 1 aliphatic heterocycles. The van der Waals surface area contributed by atoms with Gasteiger partial charge in [0.2, 0.25) is 18.2 Å². The van der Waals surface area contributed by atoms with Crippen molar-refractivity contribution >= 4 is 35.2 Å². The molecule has 2 aromatic carbocycles. The summed E-state index contributed by atoms with van der Waals surface area (Å²) >= 11 is 6.01. The van der Waals surface area contributed by atoms with Crippen LogP contribution < -0.4 is 10.1 Å². The number of ether oxygens (including phenoxy) is 1. The molecule has 1 unspecified atom stereocenters. The van der Waals surface area contributed by atoms with Gasteiger partial charge in [-0.1, -0.05) is 23.7 Å². The molecule has 4 rings (SSSR count). The van der Waals surface area contributed by atoms with Crippen LogP contribution in [0.15, 0.2) is 65.8 Å². The zero-order valence-corrected chi connectivity index (χ0v) is 21.8. The second-order valence-corrected chi connectivity index (χ2v) is 9.76. The normalized spacial score (nSPS) is 16.9. The molecule has 0 saturated carbocycles. The zero-order chi connectivity index (χ0) is 27.4. The van der Waals surface area contributed by atoms with Crippen LogP contribution >= 0.6 is 11.6 Å². The topological polar surface area (TPSA) is 140 Å². The van der Waals surface area contributed by atoms with E-state index >= 15 is 0 Å². The lowest BCUT2D eigenvalue weighted by Crippen LogP contribution is -2.66. The van der Waals surface area contributed by atoms with Crippen LogP contribution in [0.4, 0.5) is 10.5 Å². The van der Waals surface area contributed by atoms with Crippen molar-refractivity contribution in [3.63, 3.8) is 0 Å². The fourth-order valence-corrected chi connectivity index (χ4v) is 3.75. The van der Waals surface area contributed by atoms with Crippen molar-refractivity contribution in [2.24, 2.45) is 10.4 Å². The molecule has 1 atom stereocenters. The third-order valence-corrected chi connectivity index (χ3v) is 6.02. The molecule has 1 fully saturated rings. The van der Waals surface area contributed by atoms with E-state index in [-0.39, 0.29) is 19.0 Å². The molecule has 2 amide bonds. The molecular weight excluding hydrogens is 512 g/mol. The molecule has 11 nitrogen and oxygen atoms in total. The van der Waals surface area contributed by atoms with E-state index < -0.39 is 23.8 Å². The maximum absolute atomic E-state index is 12.9. The fourth-order valence-electron chi connectivity index (χ4n) is 3.63. The number of aliphatic imine (C=N–C) groups is 1. The van der Waals surface area contributed by atoms with Crippen molar-refractivity contribution in [3.05, 3.63) is 77.2 Å². The molecule has 0 radical (unpaired) electrons. The number of carboxylic acid groups (broad SMARTS) is 1. The molecule has 3 N–H and O–H groups in total. The van der Waals surface area contributed by atoms with Crippen LogP contribution in [0.5, 0.6) is 11.6 Å². The van der Waals surface area contributed by atoms with Crippen LogP contribution in [0.3, 0.4) is 0 Å². The molecule has 1 aromatic heterocycles.